The highest BCUT2D eigenvalue weighted by Gasteiger charge is 2.23. The van der Waals surface area contributed by atoms with Crippen LogP contribution in [0.3, 0.4) is 0 Å². The molecule has 0 saturated carbocycles. The van der Waals surface area contributed by atoms with Gasteiger partial charge in [-0.2, -0.15) is 5.10 Å². The van der Waals surface area contributed by atoms with Gasteiger partial charge in [-0.25, -0.2) is 4.68 Å². The van der Waals surface area contributed by atoms with E-state index in [0.717, 1.165) is 40.5 Å². The first-order chi connectivity index (χ1) is 18.1. The van der Waals surface area contributed by atoms with E-state index in [4.69, 9.17) is 5.10 Å². The molecule has 2 heterocycles. The van der Waals surface area contributed by atoms with E-state index in [2.05, 4.69) is 21.2 Å². The second-order valence-electron chi connectivity index (χ2n) is 8.95. The molecular formula is C30H27BrN4O2. The molecule has 7 heteroatoms. The minimum atomic E-state index is -0.321. The highest BCUT2D eigenvalue weighted by molar-refractivity contribution is 9.10. The number of carbonyl (C=O) groups is 2. The summed E-state index contributed by atoms with van der Waals surface area (Å²) in [7, 11) is 0. The summed E-state index contributed by atoms with van der Waals surface area (Å²) in [6.07, 6.45) is 6.67. The van der Waals surface area contributed by atoms with Crippen molar-refractivity contribution in [2.75, 3.05) is 13.1 Å². The van der Waals surface area contributed by atoms with Crippen LogP contribution in [0.2, 0.25) is 0 Å². The molecule has 5 rings (SSSR count). The summed E-state index contributed by atoms with van der Waals surface area (Å²) in [5.41, 5.74) is 3.99. The van der Waals surface area contributed by atoms with Crippen molar-refractivity contribution < 1.29 is 9.59 Å². The standard InChI is InChI=1S/C30H27BrN4O2/c31-25-16-14-22(15-17-25)28-24(21-35(33-28)26-12-6-2-7-13-26)20-27(30(37)34-18-8-3-9-19-34)32-29(36)23-10-4-1-5-11-23/h1-2,4-7,10-17,20-21H,3,8-9,18-19H2,(H,32,36)/b27-20-. The summed E-state index contributed by atoms with van der Waals surface area (Å²) < 4.78 is 2.76. The molecule has 0 radical (unpaired) electrons. The molecule has 1 saturated heterocycles. The Morgan fingerprint density at radius 2 is 1.49 bits per heavy atom. The van der Waals surface area contributed by atoms with Crippen molar-refractivity contribution in [2.45, 2.75) is 19.3 Å². The van der Waals surface area contributed by atoms with E-state index in [1.807, 2.05) is 71.8 Å². The Labute approximate surface area is 224 Å². The fourth-order valence-corrected chi connectivity index (χ4v) is 4.66. The van der Waals surface area contributed by atoms with Gasteiger partial charge in [-0.3, -0.25) is 9.59 Å². The molecule has 1 N–H and O–H groups in total. The molecule has 6 nitrogen and oxygen atoms in total. The number of hydrogen-bond acceptors (Lipinski definition) is 3. The molecule has 186 valence electrons. The fraction of sp³-hybridized carbons (Fsp3) is 0.167. The lowest BCUT2D eigenvalue weighted by Crippen LogP contribution is -2.41. The molecule has 0 atom stereocenters. The zero-order chi connectivity index (χ0) is 25.6. The van der Waals surface area contributed by atoms with Crippen LogP contribution in [0, 0.1) is 0 Å². The molecule has 0 spiro atoms. The van der Waals surface area contributed by atoms with Gasteiger partial charge in [-0.1, -0.05) is 64.5 Å². The van der Waals surface area contributed by atoms with Gasteiger partial charge in [-0.15, -0.1) is 0 Å². The van der Waals surface area contributed by atoms with Crippen molar-refractivity contribution in [1.29, 1.82) is 0 Å². The number of hydrogen-bond donors (Lipinski definition) is 1. The summed E-state index contributed by atoms with van der Waals surface area (Å²) in [5.74, 6) is -0.504. The SMILES string of the molecule is O=C(N/C(=C\c1cn(-c2ccccc2)nc1-c1ccc(Br)cc1)C(=O)N1CCCCC1)c1ccccc1. The second-order valence-corrected chi connectivity index (χ2v) is 9.87. The summed E-state index contributed by atoms with van der Waals surface area (Å²) in [6, 6.07) is 26.6. The molecule has 3 aromatic carbocycles. The lowest BCUT2D eigenvalue weighted by atomic mass is 10.1. The van der Waals surface area contributed by atoms with E-state index in [9.17, 15) is 9.59 Å². The molecule has 37 heavy (non-hydrogen) atoms. The third-order valence-electron chi connectivity index (χ3n) is 6.34. The molecule has 2 amide bonds. The van der Waals surface area contributed by atoms with Crippen LogP contribution in [0.4, 0.5) is 0 Å². The van der Waals surface area contributed by atoms with Crippen LogP contribution in [-0.2, 0) is 4.79 Å². The van der Waals surface area contributed by atoms with Gasteiger partial charge in [0.25, 0.3) is 11.8 Å². The third kappa shape index (κ3) is 5.89. The monoisotopic (exact) mass is 554 g/mol. The van der Waals surface area contributed by atoms with Crippen molar-refractivity contribution in [3.05, 3.63) is 112 Å². The summed E-state index contributed by atoms with van der Waals surface area (Å²) >= 11 is 3.50. The number of nitrogens with one attached hydrogen (secondary N) is 1. The van der Waals surface area contributed by atoms with Gasteiger partial charge in [0.15, 0.2) is 0 Å². The predicted molar refractivity (Wildman–Crippen MR) is 149 cm³/mol. The van der Waals surface area contributed by atoms with Crippen LogP contribution in [0.15, 0.2) is 101 Å². The van der Waals surface area contributed by atoms with Crippen LogP contribution in [0.5, 0.6) is 0 Å². The predicted octanol–water partition coefficient (Wildman–Crippen LogP) is 6.09. The van der Waals surface area contributed by atoms with Crippen LogP contribution < -0.4 is 5.32 Å². The smallest absolute Gasteiger partial charge is 0.270 e. The first-order valence-corrected chi connectivity index (χ1v) is 13.2. The number of benzene rings is 3. The molecule has 1 aliphatic heterocycles. The number of rotatable bonds is 6. The van der Waals surface area contributed by atoms with Crippen LogP contribution in [0.25, 0.3) is 23.0 Å². The van der Waals surface area contributed by atoms with Crippen molar-refractivity contribution in [3.63, 3.8) is 0 Å². The van der Waals surface area contributed by atoms with Gasteiger partial charge in [0.05, 0.1) is 5.69 Å². The van der Waals surface area contributed by atoms with Crippen molar-refractivity contribution in [2.24, 2.45) is 0 Å². The van der Waals surface area contributed by atoms with E-state index in [1.54, 1.807) is 35.0 Å². The normalized spacial score (nSPS) is 13.9. The van der Waals surface area contributed by atoms with Crippen LogP contribution in [0.1, 0.15) is 35.2 Å². The van der Waals surface area contributed by atoms with E-state index < -0.39 is 0 Å². The fourth-order valence-electron chi connectivity index (χ4n) is 4.40. The minimum absolute atomic E-state index is 0.182. The molecule has 4 aromatic rings. The number of carbonyl (C=O) groups excluding carboxylic acids is 2. The maximum Gasteiger partial charge on any atom is 0.270 e. The Balaban J connectivity index is 1.59. The van der Waals surface area contributed by atoms with Gasteiger partial charge < -0.3 is 10.2 Å². The number of likely N-dealkylation sites (tertiary alicyclic amines) is 1. The Hall–Kier alpha value is -3.97. The Morgan fingerprint density at radius 1 is 0.838 bits per heavy atom. The zero-order valence-corrected chi connectivity index (χ0v) is 21.9. The van der Waals surface area contributed by atoms with E-state index >= 15 is 0 Å². The van der Waals surface area contributed by atoms with E-state index in [0.29, 0.717) is 24.3 Å². The van der Waals surface area contributed by atoms with Gasteiger partial charge in [0.2, 0.25) is 0 Å². The van der Waals surface area contributed by atoms with Crippen LogP contribution >= 0.6 is 15.9 Å². The average Bonchev–Trinajstić information content (AvgIpc) is 3.38. The largest absolute Gasteiger partial charge is 0.337 e. The number of nitrogens with zero attached hydrogens (tertiary/aromatic N) is 3. The maximum atomic E-state index is 13.6. The minimum Gasteiger partial charge on any atom is -0.337 e. The molecular weight excluding hydrogens is 528 g/mol. The third-order valence-corrected chi connectivity index (χ3v) is 6.87. The van der Waals surface area contributed by atoms with E-state index in [-0.39, 0.29) is 17.5 Å². The highest BCUT2D eigenvalue weighted by atomic mass is 79.9. The summed E-state index contributed by atoms with van der Waals surface area (Å²) in [5, 5.41) is 7.76. The Bertz CT molecular complexity index is 1410. The molecule has 0 bridgehead atoms. The molecule has 1 aromatic heterocycles. The second kappa shape index (κ2) is 11.4. The highest BCUT2D eigenvalue weighted by Crippen LogP contribution is 2.27. The first kappa shape index (κ1) is 24.7. The number of amides is 2. The lowest BCUT2D eigenvalue weighted by molar-refractivity contribution is -0.128. The summed E-state index contributed by atoms with van der Waals surface area (Å²) in [4.78, 5) is 28.6. The molecule has 0 aliphatic carbocycles. The van der Waals surface area contributed by atoms with Gasteiger partial charge in [0, 0.05) is 40.4 Å². The quantitative estimate of drug-likeness (QED) is 0.293. The molecule has 1 aliphatic rings. The number of aromatic nitrogens is 2. The zero-order valence-electron chi connectivity index (χ0n) is 20.3. The average molecular weight is 555 g/mol. The maximum absolute atomic E-state index is 13.6. The number of para-hydroxylation sites is 1. The number of piperidine rings is 1. The topological polar surface area (TPSA) is 67.2 Å². The molecule has 1 fully saturated rings. The van der Waals surface area contributed by atoms with E-state index in [1.165, 1.54) is 0 Å². The molecule has 0 unspecified atom stereocenters. The summed E-state index contributed by atoms with van der Waals surface area (Å²) in [6.45, 7) is 1.36. The van der Waals surface area contributed by atoms with Gasteiger partial charge in [-0.05, 0) is 61.7 Å². The Kier molecular flexibility index (Phi) is 7.61. The van der Waals surface area contributed by atoms with Gasteiger partial charge in [0.1, 0.15) is 11.4 Å². The first-order valence-electron chi connectivity index (χ1n) is 12.4. The van der Waals surface area contributed by atoms with Crippen molar-refractivity contribution >= 4 is 33.8 Å². The Morgan fingerprint density at radius 3 is 2.16 bits per heavy atom. The van der Waals surface area contributed by atoms with Crippen LogP contribution in [-0.4, -0.2) is 39.6 Å². The van der Waals surface area contributed by atoms with Crippen molar-refractivity contribution in [1.82, 2.24) is 20.0 Å². The van der Waals surface area contributed by atoms with Gasteiger partial charge >= 0.3 is 0 Å². The lowest BCUT2D eigenvalue weighted by Gasteiger charge is -2.27. The van der Waals surface area contributed by atoms with Crippen molar-refractivity contribution in [3.8, 4) is 16.9 Å². The number of halogens is 1.